The Morgan fingerprint density at radius 2 is 1.85 bits per heavy atom. The van der Waals surface area contributed by atoms with Gasteiger partial charge in [-0.25, -0.2) is 9.38 Å². The van der Waals surface area contributed by atoms with E-state index >= 15 is 0 Å². The molecule has 4 heteroatoms. The predicted molar refractivity (Wildman–Crippen MR) is 77.3 cm³/mol. The zero-order chi connectivity index (χ0) is 13.9. The highest BCUT2D eigenvalue weighted by Crippen LogP contribution is 2.17. The Labute approximate surface area is 116 Å². The minimum atomic E-state index is -0.249. The molecule has 0 aromatic heterocycles. The molecule has 0 saturated carbocycles. The van der Waals surface area contributed by atoms with Crippen molar-refractivity contribution in [3.8, 4) is 5.75 Å². The summed E-state index contributed by atoms with van der Waals surface area (Å²) in [5.41, 5.74) is 2.66. The number of methoxy groups -OCH3 is 1. The molecule has 0 amide bonds. The van der Waals surface area contributed by atoms with Crippen LogP contribution >= 0.6 is 0 Å². The van der Waals surface area contributed by atoms with Crippen LogP contribution in [0.15, 0.2) is 58.5 Å². The normalized spacial score (nSPS) is 13.9. The number of aliphatic imine (C=N–C) groups is 2. The Morgan fingerprint density at radius 1 is 1.05 bits per heavy atom. The van der Waals surface area contributed by atoms with Gasteiger partial charge in [-0.1, -0.05) is 24.3 Å². The van der Waals surface area contributed by atoms with Crippen molar-refractivity contribution in [3.05, 3.63) is 65.5 Å². The summed E-state index contributed by atoms with van der Waals surface area (Å²) < 4.78 is 18.1. The molecule has 0 unspecified atom stereocenters. The smallest absolute Gasteiger partial charge is 0.155 e. The Kier molecular flexibility index (Phi) is 3.29. The second kappa shape index (κ2) is 5.25. The molecular weight excluding hydrogens is 255 g/mol. The largest absolute Gasteiger partial charge is 0.497 e. The first-order chi connectivity index (χ1) is 9.76. The van der Waals surface area contributed by atoms with Crippen LogP contribution in [-0.4, -0.2) is 25.2 Å². The summed E-state index contributed by atoms with van der Waals surface area (Å²) in [5.74, 6) is 1.21. The van der Waals surface area contributed by atoms with Crippen LogP contribution in [0.3, 0.4) is 0 Å². The fraction of sp³-hybridized carbons (Fsp3) is 0.125. The van der Waals surface area contributed by atoms with Gasteiger partial charge in [-0.05, 0) is 29.8 Å². The maximum Gasteiger partial charge on any atom is 0.155 e. The van der Waals surface area contributed by atoms with Crippen LogP contribution in [0.2, 0.25) is 0 Å². The third-order valence-corrected chi connectivity index (χ3v) is 3.12. The lowest BCUT2D eigenvalue weighted by Crippen LogP contribution is -2.01. The van der Waals surface area contributed by atoms with Gasteiger partial charge >= 0.3 is 0 Å². The maximum absolute atomic E-state index is 12.9. The quantitative estimate of drug-likeness (QED) is 0.842. The van der Waals surface area contributed by atoms with Gasteiger partial charge in [0, 0.05) is 5.56 Å². The number of halogens is 1. The molecule has 0 saturated heterocycles. The van der Waals surface area contributed by atoms with Crippen molar-refractivity contribution in [2.24, 2.45) is 9.98 Å². The Morgan fingerprint density at radius 3 is 2.60 bits per heavy atom. The second-order valence-electron chi connectivity index (χ2n) is 4.44. The van der Waals surface area contributed by atoms with Crippen LogP contribution in [-0.2, 0) is 0 Å². The lowest BCUT2D eigenvalue weighted by molar-refractivity contribution is 0.414. The number of rotatable bonds is 3. The highest BCUT2D eigenvalue weighted by atomic mass is 19.1. The van der Waals surface area contributed by atoms with E-state index in [4.69, 9.17) is 4.74 Å². The van der Waals surface area contributed by atoms with Gasteiger partial charge in [0.05, 0.1) is 19.4 Å². The molecule has 3 rings (SSSR count). The summed E-state index contributed by atoms with van der Waals surface area (Å²) in [6.45, 7) is 0.512. The number of ether oxygens (including phenoxy) is 1. The SMILES string of the molecule is COc1cccc(C2=NCC(c3ccc(F)cc3)=N2)c1. The maximum atomic E-state index is 12.9. The van der Waals surface area contributed by atoms with Crippen molar-refractivity contribution < 1.29 is 9.13 Å². The third-order valence-electron chi connectivity index (χ3n) is 3.12. The van der Waals surface area contributed by atoms with E-state index in [9.17, 15) is 4.39 Å². The first kappa shape index (κ1) is 12.5. The van der Waals surface area contributed by atoms with Gasteiger partial charge in [0.2, 0.25) is 0 Å². The number of hydrogen-bond donors (Lipinski definition) is 0. The standard InChI is InChI=1S/C16H13FN2O/c1-20-14-4-2-3-12(9-14)16-18-10-15(19-16)11-5-7-13(17)8-6-11/h2-9H,10H2,1H3. The van der Waals surface area contributed by atoms with E-state index in [-0.39, 0.29) is 5.82 Å². The molecule has 0 atom stereocenters. The average molecular weight is 268 g/mol. The molecule has 0 fully saturated rings. The molecule has 2 aromatic rings. The zero-order valence-electron chi connectivity index (χ0n) is 11.0. The van der Waals surface area contributed by atoms with E-state index in [0.29, 0.717) is 12.4 Å². The molecule has 0 aliphatic carbocycles. The molecule has 100 valence electrons. The van der Waals surface area contributed by atoms with Gasteiger partial charge < -0.3 is 4.74 Å². The second-order valence-corrected chi connectivity index (χ2v) is 4.44. The summed E-state index contributed by atoms with van der Waals surface area (Å²) in [6, 6.07) is 13.9. The van der Waals surface area contributed by atoms with Crippen LogP contribution in [0.25, 0.3) is 0 Å². The fourth-order valence-corrected chi connectivity index (χ4v) is 2.06. The lowest BCUT2D eigenvalue weighted by atomic mass is 10.1. The van der Waals surface area contributed by atoms with Gasteiger partial charge in [0.25, 0.3) is 0 Å². The summed E-state index contributed by atoms with van der Waals surface area (Å²) in [7, 11) is 1.63. The molecule has 0 N–H and O–H groups in total. The van der Waals surface area contributed by atoms with E-state index in [1.807, 2.05) is 24.3 Å². The molecule has 1 aliphatic heterocycles. The van der Waals surface area contributed by atoms with Crippen LogP contribution in [0.5, 0.6) is 5.75 Å². The van der Waals surface area contributed by atoms with Gasteiger partial charge in [-0.2, -0.15) is 0 Å². The molecular formula is C16H13FN2O. The molecule has 1 heterocycles. The van der Waals surface area contributed by atoms with Gasteiger partial charge in [0.1, 0.15) is 11.6 Å². The van der Waals surface area contributed by atoms with Crippen LogP contribution < -0.4 is 4.74 Å². The van der Waals surface area contributed by atoms with E-state index < -0.39 is 0 Å². The van der Waals surface area contributed by atoms with Crippen molar-refractivity contribution in [2.45, 2.75) is 0 Å². The van der Waals surface area contributed by atoms with Crippen LogP contribution in [0.4, 0.5) is 4.39 Å². The van der Waals surface area contributed by atoms with Crippen molar-refractivity contribution in [1.82, 2.24) is 0 Å². The van der Waals surface area contributed by atoms with Gasteiger partial charge in [-0.3, -0.25) is 4.99 Å². The summed E-state index contributed by atoms with van der Waals surface area (Å²) in [6.07, 6.45) is 0. The highest BCUT2D eigenvalue weighted by Gasteiger charge is 2.14. The highest BCUT2D eigenvalue weighted by molar-refractivity contribution is 6.17. The van der Waals surface area contributed by atoms with E-state index in [2.05, 4.69) is 9.98 Å². The Balaban J connectivity index is 1.88. The van der Waals surface area contributed by atoms with Crippen molar-refractivity contribution in [1.29, 1.82) is 0 Å². The fourth-order valence-electron chi connectivity index (χ4n) is 2.06. The average Bonchev–Trinajstić information content (AvgIpc) is 2.98. The van der Waals surface area contributed by atoms with E-state index in [1.54, 1.807) is 19.2 Å². The third kappa shape index (κ3) is 2.45. The first-order valence-electron chi connectivity index (χ1n) is 6.28. The molecule has 0 radical (unpaired) electrons. The number of nitrogens with zero attached hydrogens (tertiary/aromatic N) is 2. The molecule has 3 nitrogen and oxygen atoms in total. The number of hydrogen-bond acceptors (Lipinski definition) is 3. The minimum absolute atomic E-state index is 0.249. The number of benzene rings is 2. The van der Waals surface area contributed by atoms with E-state index in [1.165, 1.54) is 12.1 Å². The summed E-state index contributed by atoms with van der Waals surface area (Å²) in [5, 5.41) is 0. The zero-order valence-corrected chi connectivity index (χ0v) is 11.0. The Hall–Kier alpha value is -2.49. The first-order valence-corrected chi connectivity index (χ1v) is 6.28. The van der Waals surface area contributed by atoms with Crippen molar-refractivity contribution >= 4 is 11.5 Å². The minimum Gasteiger partial charge on any atom is -0.497 e. The molecule has 1 aliphatic rings. The van der Waals surface area contributed by atoms with Gasteiger partial charge in [0.15, 0.2) is 5.84 Å². The molecule has 0 spiro atoms. The topological polar surface area (TPSA) is 34.0 Å². The summed E-state index contributed by atoms with van der Waals surface area (Å²) in [4.78, 5) is 8.95. The Bertz CT molecular complexity index is 690. The lowest BCUT2D eigenvalue weighted by Gasteiger charge is -2.02. The van der Waals surface area contributed by atoms with Crippen molar-refractivity contribution in [2.75, 3.05) is 13.7 Å². The van der Waals surface area contributed by atoms with Gasteiger partial charge in [-0.15, -0.1) is 0 Å². The predicted octanol–water partition coefficient (Wildman–Crippen LogP) is 3.08. The summed E-state index contributed by atoms with van der Waals surface area (Å²) >= 11 is 0. The van der Waals surface area contributed by atoms with Crippen LogP contribution in [0, 0.1) is 5.82 Å². The van der Waals surface area contributed by atoms with Crippen molar-refractivity contribution in [3.63, 3.8) is 0 Å². The number of amidine groups is 1. The van der Waals surface area contributed by atoms with Crippen LogP contribution in [0.1, 0.15) is 11.1 Å². The monoisotopic (exact) mass is 268 g/mol. The van der Waals surface area contributed by atoms with E-state index in [0.717, 1.165) is 22.6 Å². The molecule has 20 heavy (non-hydrogen) atoms. The molecule has 2 aromatic carbocycles. The molecule has 0 bridgehead atoms.